The smallest absolute Gasteiger partial charge is 0.312 e. The topological polar surface area (TPSA) is 103 Å². The third kappa shape index (κ3) is 8.58. The first-order valence-corrected chi connectivity index (χ1v) is 14.9. The molecule has 2 amide bonds. The van der Waals surface area contributed by atoms with Gasteiger partial charge in [0.25, 0.3) is 5.91 Å². The van der Waals surface area contributed by atoms with E-state index in [-0.39, 0.29) is 52.4 Å². The van der Waals surface area contributed by atoms with Gasteiger partial charge >= 0.3 is 5.97 Å². The molecule has 2 aliphatic carbocycles. The van der Waals surface area contributed by atoms with Crippen molar-refractivity contribution in [2.45, 2.75) is 118 Å². The van der Waals surface area contributed by atoms with Crippen LogP contribution in [-0.2, 0) is 14.3 Å². The maximum Gasteiger partial charge on any atom is 0.312 e. The minimum absolute atomic E-state index is 0.00240. The zero-order valence-electron chi connectivity index (χ0n) is 26.1. The Morgan fingerprint density at radius 2 is 1.68 bits per heavy atom. The van der Waals surface area contributed by atoms with Crippen LogP contribution in [0.15, 0.2) is 12.1 Å². The number of carbonyl (C=O) groups excluding carboxylic acids is 3. The highest BCUT2D eigenvalue weighted by atomic mass is 19.1. The molecule has 2 aliphatic rings. The summed E-state index contributed by atoms with van der Waals surface area (Å²) in [6, 6.07) is 2.21. The van der Waals surface area contributed by atoms with Gasteiger partial charge in [0.05, 0.1) is 30.1 Å². The van der Waals surface area contributed by atoms with E-state index in [2.05, 4.69) is 31.4 Å². The molecule has 9 heteroatoms. The molecule has 3 rings (SSSR count). The van der Waals surface area contributed by atoms with Crippen LogP contribution in [0, 0.1) is 22.6 Å². The number of hydrogen-bond acceptors (Lipinski definition) is 6. The molecule has 0 unspecified atom stereocenters. The molecule has 0 spiro atoms. The molecule has 0 saturated heterocycles. The minimum atomic E-state index is -0.629. The molecule has 2 fully saturated rings. The molecular weight excluding hydrogens is 527 g/mol. The van der Waals surface area contributed by atoms with Crippen molar-refractivity contribution in [3.63, 3.8) is 0 Å². The highest BCUT2D eigenvalue weighted by molar-refractivity contribution is 5.98. The number of carbonyl (C=O) groups is 3. The standard InChI is InChI=1S/C32H49FN2O6/c1-9-31(5,6)19-34-27(36)21-11-10-12-24(21)35-28(37)22-17-26(23(33)18-25(22)39-8)40-20-13-15-32(7,16-14-20)29(38)41-30(2,3)4/h17-18,20-21,24H,9-16,19H2,1-8H3,(H,34,36)(H,35,37)/t20?,21-,24+,32?/m0/s1. The van der Waals surface area contributed by atoms with Crippen molar-refractivity contribution >= 4 is 17.8 Å². The molecule has 0 aromatic heterocycles. The number of esters is 1. The zero-order chi connectivity index (χ0) is 30.6. The van der Waals surface area contributed by atoms with Crippen LogP contribution in [0.1, 0.15) is 110 Å². The average Bonchev–Trinajstić information content (AvgIpc) is 3.36. The van der Waals surface area contributed by atoms with Crippen LogP contribution in [0.4, 0.5) is 4.39 Å². The summed E-state index contributed by atoms with van der Waals surface area (Å²) in [6.45, 7) is 14.3. The van der Waals surface area contributed by atoms with Crippen LogP contribution in [-0.4, -0.2) is 49.2 Å². The van der Waals surface area contributed by atoms with Gasteiger partial charge in [-0.15, -0.1) is 0 Å². The van der Waals surface area contributed by atoms with Gasteiger partial charge in [-0.3, -0.25) is 14.4 Å². The fraction of sp³-hybridized carbons (Fsp3) is 0.719. The molecule has 2 atom stereocenters. The van der Waals surface area contributed by atoms with E-state index in [0.717, 1.165) is 18.9 Å². The summed E-state index contributed by atoms with van der Waals surface area (Å²) in [5.74, 6) is -1.62. The molecule has 1 aromatic carbocycles. The molecule has 8 nitrogen and oxygen atoms in total. The van der Waals surface area contributed by atoms with Gasteiger partial charge in [0.15, 0.2) is 11.6 Å². The van der Waals surface area contributed by atoms with E-state index in [1.165, 1.54) is 13.2 Å². The number of ether oxygens (including phenoxy) is 3. The Balaban J connectivity index is 1.67. The lowest BCUT2D eigenvalue weighted by molar-refractivity contribution is -0.169. The van der Waals surface area contributed by atoms with E-state index in [1.54, 1.807) is 0 Å². The number of hydrogen-bond donors (Lipinski definition) is 2. The molecule has 0 aliphatic heterocycles. The SMILES string of the molecule is CCC(C)(C)CNC(=O)[C@H]1CCC[C@H]1NC(=O)c1cc(OC2CCC(C)(C(=O)OC(C)(C)C)CC2)c(F)cc1OC. The molecule has 41 heavy (non-hydrogen) atoms. The first-order valence-electron chi connectivity index (χ1n) is 14.9. The maximum atomic E-state index is 15.0. The molecular formula is C32H49FN2O6. The predicted molar refractivity (Wildman–Crippen MR) is 155 cm³/mol. The van der Waals surface area contributed by atoms with Gasteiger partial charge in [-0.1, -0.05) is 27.2 Å². The zero-order valence-corrected chi connectivity index (χ0v) is 26.1. The summed E-state index contributed by atoms with van der Waals surface area (Å²) in [4.78, 5) is 39.1. The number of nitrogens with one attached hydrogen (secondary N) is 2. The first-order chi connectivity index (χ1) is 19.1. The Kier molecular flexibility index (Phi) is 10.4. The quantitative estimate of drug-likeness (QED) is 0.334. The van der Waals surface area contributed by atoms with E-state index >= 15 is 4.39 Å². The Morgan fingerprint density at radius 1 is 1.02 bits per heavy atom. The van der Waals surface area contributed by atoms with Gasteiger partial charge in [-0.05, 0) is 84.1 Å². The van der Waals surface area contributed by atoms with E-state index in [1.807, 2.05) is 27.7 Å². The van der Waals surface area contributed by atoms with E-state index in [0.29, 0.717) is 45.1 Å². The lowest BCUT2D eigenvalue weighted by Gasteiger charge is -2.37. The van der Waals surface area contributed by atoms with Crippen molar-refractivity contribution in [3.8, 4) is 11.5 Å². The summed E-state index contributed by atoms with van der Waals surface area (Å²) in [7, 11) is 1.38. The summed E-state index contributed by atoms with van der Waals surface area (Å²) in [5, 5.41) is 6.05. The summed E-state index contributed by atoms with van der Waals surface area (Å²) in [5.41, 5.74) is -1.04. The highest BCUT2D eigenvalue weighted by Crippen LogP contribution is 2.40. The van der Waals surface area contributed by atoms with E-state index in [4.69, 9.17) is 14.2 Å². The molecule has 1 aromatic rings. The Hall–Kier alpha value is -2.84. The lowest BCUT2D eigenvalue weighted by atomic mass is 9.74. The van der Waals surface area contributed by atoms with E-state index < -0.39 is 22.7 Å². The van der Waals surface area contributed by atoms with Gasteiger partial charge in [0, 0.05) is 18.7 Å². The summed E-state index contributed by atoms with van der Waals surface area (Å²) < 4.78 is 32.0. The number of benzene rings is 1. The fourth-order valence-electron chi connectivity index (χ4n) is 5.38. The van der Waals surface area contributed by atoms with Crippen molar-refractivity contribution < 1.29 is 33.0 Å². The van der Waals surface area contributed by atoms with Crippen LogP contribution in [0.5, 0.6) is 11.5 Å². The molecule has 0 bridgehead atoms. The predicted octanol–water partition coefficient (Wildman–Crippen LogP) is 5.95. The van der Waals surface area contributed by atoms with Crippen LogP contribution in [0.2, 0.25) is 0 Å². The second kappa shape index (κ2) is 13.0. The van der Waals surface area contributed by atoms with Crippen molar-refractivity contribution in [3.05, 3.63) is 23.5 Å². The Labute approximate surface area is 244 Å². The lowest BCUT2D eigenvalue weighted by Crippen LogP contribution is -2.45. The second-order valence-corrected chi connectivity index (χ2v) is 13.7. The van der Waals surface area contributed by atoms with Crippen molar-refractivity contribution in [1.82, 2.24) is 10.6 Å². The van der Waals surface area contributed by atoms with Crippen molar-refractivity contribution in [2.75, 3.05) is 13.7 Å². The largest absolute Gasteiger partial charge is 0.496 e. The van der Waals surface area contributed by atoms with Crippen LogP contribution in [0.25, 0.3) is 0 Å². The van der Waals surface area contributed by atoms with E-state index in [9.17, 15) is 14.4 Å². The molecule has 0 heterocycles. The third-order valence-electron chi connectivity index (χ3n) is 8.59. The maximum absolute atomic E-state index is 15.0. The van der Waals surface area contributed by atoms with Crippen molar-refractivity contribution in [1.29, 1.82) is 0 Å². The molecule has 230 valence electrons. The summed E-state index contributed by atoms with van der Waals surface area (Å²) in [6.07, 6.45) is 5.06. The van der Waals surface area contributed by atoms with Gasteiger partial charge in [0.2, 0.25) is 5.91 Å². The monoisotopic (exact) mass is 576 g/mol. The normalized spacial score (nSPS) is 24.9. The van der Waals surface area contributed by atoms with Crippen LogP contribution in [0.3, 0.4) is 0 Å². The number of halogens is 1. The van der Waals surface area contributed by atoms with Gasteiger partial charge in [-0.25, -0.2) is 4.39 Å². The average molecular weight is 577 g/mol. The molecule has 2 saturated carbocycles. The number of rotatable bonds is 10. The highest BCUT2D eigenvalue weighted by Gasteiger charge is 2.41. The Bertz CT molecular complexity index is 1100. The first kappa shape index (κ1) is 32.7. The van der Waals surface area contributed by atoms with Gasteiger partial charge in [0.1, 0.15) is 11.4 Å². The van der Waals surface area contributed by atoms with Crippen LogP contribution < -0.4 is 20.1 Å². The molecule has 2 N–H and O–H groups in total. The second-order valence-electron chi connectivity index (χ2n) is 13.7. The third-order valence-corrected chi connectivity index (χ3v) is 8.59. The number of methoxy groups -OCH3 is 1. The Morgan fingerprint density at radius 3 is 2.27 bits per heavy atom. The fourth-order valence-corrected chi connectivity index (χ4v) is 5.38. The molecule has 0 radical (unpaired) electrons. The minimum Gasteiger partial charge on any atom is -0.496 e. The van der Waals surface area contributed by atoms with Crippen molar-refractivity contribution in [2.24, 2.45) is 16.7 Å². The summed E-state index contributed by atoms with van der Waals surface area (Å²) >= 11 is 0. The number of amides is 2. The van der Waals surface area contributed by atoms with Gasteiger partial charge < -0.3 is 24.8 Å². The van der Waals surface area contributed by atoms with Crippen LogP contribution >= 0.6 is 0 Å². The van der Waals surface area contributed by atoms with Gasteiger partial charge in [-0.2, -0.15) is 0 Å².